The lowest BCUT2D eigenvalue weighted by atomic mass is 9.77. The van der Waals surface area contributed by atoms with Gasteiger partial charge in [0.15, 0.2) is 0 Å². The largest absolute Gasteiger partial charge is 0.388 e. The van der Waals surface area contributed by atoms with Gasteiger partial charge < -0.3 is 5.32 Å². The van der Waals surface area contributed by atoms with E-state index in [4.69, 9.17) is 0 Å². The third-order valence-corrected chi connectivity index (χ3v) is 3.49. The van der Waals surface area contributed by atoms with Crippen LogP contribution >= 0.6 is 0 Å². The second-order valence-corrected chi connectivity index (χ2v) is 5.43. The average Bonchev–Trinajstić information content (AvgIpc) is 2.29. The Hall–Kier alpha value is -1.24. The van der Waals surface area contributed by atoms with Crippen molar-refractivity contribution < 1.29 is 0 Å². The Balaban J connectivity index is 2.22. The molecular weight excluding hydrogens is 194 g/mol. The van der Waals surface area contributed by atoms with Gasteiger partial charge in [-0.3, -0.25) is 0 Å². The van der Waals surface area contributed by atoms with E-state index in [1.165, 1.54) is 36.1 Å². The first-order valence-electron chi connectivity index (χ1n) is 6.08. The highest BCUT2D eigenvalue weighted by Gasteiger charge is 2.21. The van der Waals surface area contributed by atoms with Crippen LogP contribution in [-0.2, 0) is 0 Å². The SMILES string of the molecule is CNc1cccc(C2=CCC(C)(C)CC2)c1. The molecule has 2 rings (SSSR count). The molecule has 1 aliphatic rings. The van der Waals surface area contributed by atoms with E-state index in [1.807, 2.05) is 7.05 Å². The second-order valence-electron chi connectivity index (χ2n) is 5.43. The number of hydrogen-bond donors (Lipinski definition) is 1. The molecule has 0 atom stereocenters. The molecule has 0 saturated carbocycles. The standard InChI is InChI=1S/C15H21N/c1-15(2)9-7-12(8-10-15)13-5-4-6-14(11-13)16-3/h4-7,11,16H,8-10H2,1-3H3. The van der Waals surface area contributed by atoms with Crippen LogP contribution in [0.3, 0.4) is 0 Å². The number of benzene rings is 1. The van der Waals surface area contributed by atoms with Gasteiger partial charge >= 0.3 is 0 Å². The summed E-state index contributed by atoms with van der Waals surface area (Å²) in [6.45, 7) is 4.70. The summed E-state index contributed by atoms with van der Waals surface area (Å²) < 4.78 is 0. The molecule has 0 radical (unpaired) electrons. The van der Waals surface area contributed by atoms with Crippen molar-refractivity contribution in [3.63, 3.8) is 0 Å². The fraction of sp³-hybridized carbons (Fsp3) is 0.467. The highest BCUT2D eigenvalue weighted by Crippen LogP contribution is 2.38. The topological polar surface area (TPSA) is 12.0 Å². The van der Waals surface area contributed by atoms with E-state index in [0.29, 0.717) is 5.41 Å². The lowest BCUT2D eigenvalue weighted by Crippen LogP contribution is -2.14. The zero-order valence-electron chi connectivity index (χ0n) is 10.5. The van der Waals surface area contributed by atoms with Crippen molar-refractivity contribution in [2.45, 2.75) is 33.1 Å². The van der Waals surface area contributed by atoms with Crippen molar-refractivity contribution in [2.24, 2.45) is 5.41 Å². The Morgan fingerprint density at radius 3 is 2.69 bits per heavy atom. The number of allylic oxidation sites excluding steroid dienone is 2. The van der Waals surface area contributed by atoms with Crippen molar-refractivity contribution >= 4 is 11.3 Å². The Bertz CT molecular complexity index is 402. The van der Waals surface area contributed by atoms with E-state index < -0.39 is 0 Å². The molecule has 1 aromatic carbocycles. The molecule has 0 aromatic heterocycles. The fourth-order valence-electron chi connectivity index (χ4n) is 2.21. The Morgan fingerprint density at radius 2 is 2.06 bits per heavy atom. The van der Waals surface area contributed by atoms with Crippen LogP contribution in [0.25, 0.3) is 5.57 Å². The average molecular weight is 215 g/mol. The van der Waals surface area contributed by atoms with Gasteiger partial charge in [-0.15, -0.1) is 0 Å². The van der Waals surface area contributed by atoms with Crippen LogP contribution in [0.15, 0.2) is 30.3 Å². The van der Waals surface area contributed by atoms with Crippen molar-refractivity contribution in [1.82, 2.24) is 0 Å². The van der Waals surface area contributed by atoms with E-state index in [9.17, 15) is 0 Å². The minimum absolute atomic E-state index is 0.490. The molecular formula is C15H21N. The van der Waals surface area contributed by atoms with Crippen LogP contribution in [0.5, 0.6) is 0 Å². The predicted octanol–water partition coefficient (Wildman–Crippen LogP) is 4.32. The zero-order chi connectivity index (χ0) is 11.6. The Morgan fingerprint density at radius 1 is 1.25 bits per heavy atom. The molecule has 0 aliphatic heterocycles. The number of rotatable bonds is 2. The highest BCUT2D eigenvalue weighted by molar-refractivity contribution is 5.69. The summed E-state index contributed by atoms with van der Waals surface area (Å²) in [5.74, 6) is 0. The van der Waals surface area contributed by atoms with Crippen molar-refractivity contribution in [3.05, 3.63) is 35.9 Å². The van der Waals surface area contributed by atoms with E-state index in [2.05, 4.69) is 49.5 Å². The first-order chi connectivity index (χ1) is 7.61. The normalized spacial score (nSPS) is 19.1. The molecule has 16 heavy (non-hydrogen) atoms. The molecule has 0 unspecified atom stereocenters. The minimum atomic E-state index is 0.490. The summed E-state index contributed by atoms with van der Waals surface area (Å²) >= 11 is 0. The lowest BCUT2D eigenvalue weighted by Gasteiger charge is -2.28. The summed E-state index contributed by atoms with van der Waals surface area (Å²) in [5.41, 5.74) is 4.58. The Kier molecular flexibility index (Phi) is 3.04. The van der Waals surface area contributed by atoms with Crippen LogP contribution in [-0.4, -0.2) is 7.05 Å². The molecule has 0 heterocycles. The van der Waals surface area contributed by atoms with Crippen molar-refractivity contribution in [2.75, 3.05) is 12.4 Å². The summed E-state index contributed by atoms with van der Waals surface area (Å²) in [6.07, 6.45) is 6.12. The van der Waals surface area contributed by atoms with Crippen LogP contribution in [0, 0.1) is 5.41 Å². The molecule has 1 heteroatoms. The van der Waals surface area contributed by atoms with E-state index in [0.717, 1.165) is 0 Å². The van der Waals surface area contributed by atoms with E-state index >= 15 is 0 Å². The maximum absolute atomic E-state index is 3.20. The van der Waals surface area contributed by atoms with Gasteiger partial charge in [0, 0.05) is 12.7 Å². The molecule has 1 aliphatic carbocycles. The lowest BCUT2D eigenvalue weighted by molar-refractivity contribution is 0.335. The third kappa shape index (κ3) is 2.46. The van der Waals surface area contributed by atoms with Gasteiger partial charge in [-0.25, -0.2) is 0 Å². The quantitative estimate of drug-likeness (QED) is 0.774. The van der Waals surface area contributed by atoms with Gasteiger partial charge in [-0.1, -0.05) is 32.1 Å². The van der Waals surface area contributed by atoms with Gasteiger partial charge in [0.05, 0.1) is 0 Å². The molecule has 0 saturated heterocycles. The van der Waals surface area contributed by atoms with Crippen LogP contribution in [0.4, 0.5) is 5.69 Å². The van der Waals surface area contributed by atoms with Crippen molar-refractivity contribution in [1.29, 1.82) is 0 Å². The van der Waals surface area contributed by atoms with Crippen LogP contribution in [0.2, 0.25) is 0 Å². The van der Waals surface area contributed by atoms with Gasteiger partial charge in [0.25, 0.3) is 0 Å². The van der Waals surface area contributed by atoms with Gasteiger partial charge in [0.2, 0.25) is 0 Å². The minimum Gasteiger partial charge on any atom is -0.388 e. The van der Waals surface area contributed by atoms with Gasteiger partial charge in [-0.2, -0.15) is 0 Å². The van der Waals surface area contributed by atoms with E-state index in [1.54, 1.807) is 0 Å². The second kappa shape index (κ2) is 4.32. The molecule has 1 nitrogen and oxygen atoms in total. The van der Waals surface area contributed by atoms with Gasteiger partial charge in [-0.05, 0) is 47.9 Å². The molecule has 86 valence electrons. The predicted molar refractivity (Wildman–Crippen MR) is 71.6 cm³/mol. The molecule has 0 spiro atoms. The molecule has 1 aromatic rings. The monoisotopic (exact) mass is 215 g/mol. The third-order valence-electron chi connectivity index (χ3n) is 3.49. The summed E-state index contributed by atoms with van der Waals surface area (Å²) in [4.78, 5) is 0. The van der Waals surface area contributed by atoms with Crippen LogP contribution in [0.1, 0.15) is 38.7 Å². The first-order valence-corrected chi connectivity index (χ1v) is 6.08. The number of nitrogens with one attached hydrogen (secondary N) is 1. The maximum Gasteiger partial charge on any atom is 0.0343 e. The fourth-order valence-corrected chi connectivity index (χ4v) is 2.21. The zero-order valence-corrected chi connectivity index (χ0v) is 10.5. The molecule has 0 bridgehead atoms. The van der Waals surface area contributed by atoms with Gasteiger partial charge in [0.1, 0.15) is 0 Å². The number of anilines is 1. The highest BCUT2D eigenvalue weighted by atomic mass is 14.8. The summed E-state index contributed by atoms with van der Waals surface area (Å²) in [7, 11) is 1.97. The van der Waals surface area contributed by atoms with Crippen molar-refractivity contribution in [3.8, 4) is 0 Å². The summed E-state index contributed by atoms with van der Waals surface area (Å²) in [6, 6.07) is 8.69. The molecule has 1 N–H and O–H groups in total. The summed E-state index contributed by atoms with van der Waals surface area (Å²) in [5, 5.41) is 3.20. The smallest absolute Gasteiger partial charge is 0.0343 e. The van der Waals surface area contributed by atoms with Crippen LogP contribution < -0.4 is 5.32 Å². The van der Waals surface area contributed by atoms with E-state index in [-0.39, 0.29) is 0 Å². The Labute approximate surface area is 98.6 Å². The molecule has 0 fully saturated rings. The maximum atomic E-state index is 3.20. The molecule has 0 amide bonds. The number of hydrogen-bond acceptors (Lipinski definition) is 1. The first kappa shape index (κ1) is 11.3.